The molecule has 0 aliphatic heterocycles. The fourth-order valence-electron chi connectivity index (χ4n) is 2.67. The van der Waals surface area contributed by atoms with Gasteiger partial charge in [-0.2, -0.15) is 0 Å². The predicted octanol–water partition coefficient (Wildman–Crippen LogP) is 1.06. The van der Waals surface area contributed by atoms with Crippen LogP contribution < -0.4 is 16.4 Å². The van der Waals surface area contributed by atoms with Crippen molar-refractivity contribution in [2.75, 3.05) is 19.6 Å². The number of carboxylic acid groups (broad SMARTS) is 1. The number of carbonyl (C=O) groups excluding carboxylic acids is 1. The Hall–Kier alpha value is -1.30. The summed E-state index contributed by atoms with van der Waals surface area (Å²) in [6, 6.07) is -0.233. The number of nitrogens with two attached hydrogens (primary N) is 1. The Labute approximate surface area is 114 Å². The van der Waals surface area contributed by atoms with Gasteiger partial charge >= 0.3 is 12.0 Å². The molecule has 0 atom stereocenters. The highest BCUT2D eigenvalue weighted by atomic mass is 16.4. The first-order valence-corrected chi connectivity index (χ1v) is 7.01. The third kappa shape index (κ3) is 5.92. The molecule has 0 aromatic heterocycles. The molecular weight excluding hydrogens is 246 g/mol. The number of rotatable bonds is 7. The molecule has 2 amide bonds. The van der Waals surface area contributed by atoms with Crippen LogP contribution in [0, 0.1) is 5.41 Å². The molecule has 0 aromatic carbocycles. The zero-order valence-corrected chi connectivity index (χ0v) is 11.4. The maximum absolute atomic E-state index is 11.6. The summed E-state index contributed by atoms with van der Waals surface area (Å²) in [5.74, 6) is -0.785. The van der Waals surface area contributed by atoms with Crippen LogP contribution >= 0.6 is 0 Å². The predicted molar refractivity (Wildman–Crippen MR) is 72.8 cm³/mol. The molecule has 5 N–H and O–H groups in total. The lowest BCUT2D eigenvalue weighted by Gasteiger charge is -2.36. The van der Waals surface area contributed by atoms with Crippen LogP contribution in [0.1, 0.15) is 44.9 Å². The molecule has 6 heteroatoms. The average molecular weight is 271 g/mol. The lowest BCUT2D eigenvalue weighted by molar-refractivity contribution is -0.140. The first-order valence-electron chi connectivity index (χ1n) is 7.01. The maximum Gasteiger partial charge on any atom is 0.314 e. The van der Waals surface area contributed by atoms with Crippen molar-refractivity contribution in [3.05, 3.63) is 0 Å². The van der Waals surface area contributed by atoms with Crippen LogP contribution in [0.4, 0.5) is 4.79 Å². The Bertz CT molecular complexity index is 302. The van der Waals surface area contributed by atoms with E-state index >= 15 is 0 Å². The van der Waals surface area contributed by atoms with Gasteiger partial charge in [-0.15, -0.1) is 0 Å². The first kappa shape index (κ1) is 15.8. The summed E-state index contributed by atoms with van der Waals surface area (Å²) in [5, 5.41) is 14.5. The normalized spacial score (nSPS) is 17.7. The van der Waals surface area contributed by atoms with Crippen LogP contribution in [0.5, 0.6) is 0 Å². The summed E-state index contributed by atoms with van der Waals surface area (Å²) in [6.45, 7) is 1.53. The van der Waals surface area contributed by atoms with E-state index < -0.39 is 5.97 Å². The van der Waals surface area contributed by atoms with Crippen molar-refractivity contribution < 1.29 is 14.7 Å². The van der Waals surface area contributed by atoms with Crippen LogP contribution in [0.15, 0.2) is 0 Å². The molecule has 1 saturated carbocycles. The molecule has 0 aromatic rings. The van der Waals surface area contributed by atoms with E-state index in [0.717, 1.165) is 38.5 Å². The van der Waals surface area contributed by atoms with Crippen LogP contribution in [-0.4, -0.2) is 36.7 Å². The first-order chi connectivity index (χ1) is 9.08. The van der Waals surface area contributed by atoms with Gasteiger partial charge in [-0.05, 0) is 31.2 Å². The smallest absolute Gasteiger partial charge is 0.314 e. The van der Waals surface area contributed by atoms with E-state index in [4.69, 9.17) is 10.8 Å². The molecule has 110 valence electrons. The Morgan fingerprint density at radius 1 is 1.16 bits per heavy atom. The molecule has 1 aliphatic carbocycles. The minimum Gasteiger partial charge on any atom is -0.481 e. The number of aliphatic carboxylic acids is 1. The average Bonchev–Trinajstić information content (AvgIpc) is 2.37. The van der Waals surface area contributed by atoms with E-state index in [0.29, 0.717) is 19.6 Å². The van der Waals surface area contributed by atoms with E-state index in [1.54, 1.807) is 0 Å². The fourth-order valence-corrected chi connectivity index (χ4v) is 2.67. The Morgan fingerprint density at radius 2 is 1.84 bits per heavy atom. The lowest BCUT2D eigenvalue weighted by Crippen LogP contribution is -2.44. The Kier molecular flexibility index (Phi) is 6.62. The van der Waals surface area contributed by atoms with Crippen LogP contribution in [0.2, 0.25) is 0 Å². The van der Waals surface area contributed by atoms with E-state index in [-0.39, 0.29) is 17.9 Å². The number of carboxylic acids is 1. The third-order valence-corrected chi connectivity index (χ3v) is 3.73. The summed E-state index contributed by atoms with van der Waals surface area (Å²) in [5.41, 5.74) is 5.08. The number of hydrogen-bond acceptors (Lipinski definition) is 3. The molecule has 19 heavy (non-hydrogen) atoms. The number of nitrogens with one attached hydrogen (secondary N) is 2. The topological polar surface area (TPSA) is 104 Å². The van der Waals surface area contributed by atoms with Gasteiger partial charge < -0.3 is 21.5 Å². The summed E-state index contributed by atoms with van der Waals surface area (Å²) < 4.78 is 0. The van der Waals surface area contributed by atoms with Gasteiger partial charge in [0.05, 0.1) is 6.42 Å². The highest BCUT2D eigenvalue weighted by Gasteiger charge is 2.34. The van der Waals surface area contributed by atoms with E-state index in [1.165, 1.54) is 0 Å². The van der Waals surface area contributed by atoms with Crippen molar-refractivity contribution in [3.8, 4) is 0 Å². The van der Waals surface area contributed by atoms with Crippen molar-refractivity contribution in [2.24, 2.45) is 11.1 Å². The highest BCUT2D eigenvalue weighted by Crippen LogP contribution is 2.38. The van der Waals surface area contributed by atoms with Gasteiger partial charge in [-0.25, -0.2) is 4.79 Å². The second kappa shape index (κ2) is 7.99. The monoisotopic (exact) mass is 271 g/mol. The number of carbonyl (C=O) groups is 2. The van der Waals surface area contributed by atoms with E-state index in [1.807, 2.05) is 0 Å². The van der Waals surface area contributed by atoms with Gasteiger partial charge in [0.1, 0.15) is 0 Å². The molecule has 0 radical (unpaired) electrons. The van der Waals surface area contributed by atoms with Crippen molar-refractivity contribution in [2.45, 2.75) is 44.9 Å². The van der Waals surface area contributed by atoms with Crippen molar-refractivity contribution in [3.63, 3.8) is 0 Å². The third-order valence-electron chi connectivity index (χ3n) is 3.73. The minimum atomic E-state index is -0.785. The van der Waals surface area contributed by atoms with Gasteiger partial charge in [0, 0.05) is 13.1 Å². The zero-order chi connectivity index (χ0) is 14.1. The van der Waals surface area contributed by atoms with Crippen LogP contribution in [-0.2, 0) is 4.79 Å². The largest absolute Gasteiger partial charge is 0.481 e. The SMILES string of the molecule is NCCCNC(=O)NCC1(CC(=O)O)CCCCC1. The Balaban J connectivity index is 2.40. The molecule has 1 aliphatic rings. The van der Waals surface area contributed by atoms with Crippen molar-refractivity contribution in [1.29, 1.82) is 0 Å². The maximum atomic E-state index is 11.6. The highest BCUT2D eigenvalue weighted by molar-refractivity contribution is 5.74. The fraction of sp³-hybridized carbons (Fsp3) is 0.846. The van der Waals surface area contributed by atoms with Gasteiger partial charge in [0.25, 0.3) is 0 Å². The summed E-state index contributed by atoms with van der Waals surface area (Å²) >= 11 is 0. The molecule has 6 nitrogen and oxygen atoms in total. The quantitative estimate of drug-likeness (QED) is 0.520. The summed E-state index contributed by atoms with van der Waals surface area (Å²) in [7, 11) is 0. The summed E-state index contributed by atoms with van der Waals surface area (Å²) in [4.78, 5) is 22.6. The molecule has 1 rings (SSSR count). The van der Waals surface area contributed by atoms with Crippen LogP contribution in [0.3, 0.4) is 0 Å². The van der Waals surface area contributed by atoms with Crippen LogP contribution in [0.25, 0.3) is 0 Å². The van der Waals surface area contributed by atoms with Gasteiger partial charge in [-0.3, -0.25) is 4.79 Å². The number of hydrogen-bond donors (Lipinski definition) is 4. The molecule has 0 heterocycles. The molecule has 1 fully saturated rings. The van der Waals surface area contributed by atoms with Gasteiger partial charge in [-0.1, -0.05) is 19.3 Å². The molecule has 0 saturated heterocycles. The molecule has 0 spiro atoms. The van der Waals surface area contributed by atoms with E-state index in [9.17, 15) is 9.59 Å². The molecule has 0 bridgehead atoms. The lowest BCUT2D eigenvalue weighted by atomic mass is 9.72. The second-order valence-corrected chi connectivity index (χ2v) is 5.38. The van der Waals surface area contributed by atoms with Gasteiger partial charge in [0.2, 0.25) is 0 Å². The molecule has 0 unspecified atom stereocenters. The van der Waals surface area contributed by atoms with Crippen molar-refractivity contribution in [1.82, 2.24) is 10.6 Å². The number of urea groups is 1. The van der Waals surface area contributed by atoms with Crippen molar-refractivity contribution >= 4 is 12.0 Å². The zero-order valence-electron chi connectivity index (χ0n) is 11.4. The number of amides is 2. The minimum absolute atomic E-state index is 0.135. The summed E-state index contributed by atoms with van der Waals surface area (Å²) in [6.07, 6.45) is 5.88. The second-order valence-electron chi connectivity index (χ2n) is 5.38. The standard InChI is InChI=1S/C13H25N3O3/c14-7-4-8-15-12(19)16-10-13(9-11(17)18)5-2-1-3-6-13/h1-10,14H2,(H,17,18)(H2,15,16,19). The van der Waals surface area contributed by atoms with E-state index in [2.05, 4.69) is 10.6 Å². The molecular formula is C13H25N3O3. The van der Waals surface area contributed by atoms with Gasteiger partial charge in [0.15, 0.2) is 0 Å². The Morgan fingerprint density at radius 3 is 2.42 bits per heavy atom.